The Bertz CT molecular complexity index is 327. The highest BCUT2D eigenvalue weighted by Crippen LogP contribution is 1.99. The van der Waals surface area contributed by atoms with Gasteiger partial charge in [0.2, 0.25) is 0 Å². The van der Waals surface area contributed by atoms with Gasteiger partial charge < -0.3 is 18.9 Å². The second-order valence-electron chi connectivity index (χ2n) is 4.30. The van der Waals surface area contributed by atoms with Crippen LogP contribution < -0.4 is 0 Å². The Balaban J connectivity index is 2.32. The molecular weight excluding hydrogens is 276 g/mol. The number of cyclic esters (lactones) is 2. The van der Waals surface area contributed by atoms with E-state index < -0.39 is 0 Å². The molecule has 21 heavy (non-hydrogen) atoms. The average Bonchev–Trinajstić information content (AvgIpc) is 2.47. The Morgan fingerprint density at radius 1 is 0.667 bits per heavy atom. The fourth-order valence-corrected chi connectivity index (χ4v) is 1.53. The normalized spacial score (nSPS) is 23.8. The predicted molar refractivity (Wildman–Crippen MR) is 75.7 cm³/mol. The Labute approximate surface area is 124 Å². The monoisotopic (exact) mass is 298 g/mol. The van der Waals surface area contributed by atoms with Gasteiger partial charge in [-0.3, -0.25) is 0 Å². The molecule has 0 N–H and O–H groups in total. The summed E-state index contributed by atoms with van der Waals surface area (Å²) < 4.78 is 20.3. The maximum absolute atomic E-state index is 11.3. The van der Waals surface area contributed by atoms with E-state index in [1.807, 2.05) is 0 Å². The molecule has 6 heteroatoms. The SMILES string of the molecule is O=C1/C=C\CCC/C=C\C(=O)OCCOCCOCCO1. The third-order valence-electron chi connectivity index (χ3n) is 2.57. The highest BCUT2D eigenvalue weighted by atomic mass is 16.6. The molecule has 1 aliphatic heterocycles. The first-order valence-corrected chi connectivity index (χ1v) is 7.11. The summed E-state index contributed by atoms with van der Waals surface area (Å²) in [6.45, 7) is 1.93. The number of hydrogen-bond acceptors (Lipinski definition) is 6. The molecule has 0 radical (unpaired) electrons. The summed E-state index contributed by atoms with van der Waals surface area (Å²) in [6.07, 6.45) is 8.69. The molecule has 0 bridgehead atoms. The molecule has 1 rings (SSSR count). The van der Waals surface area contributed by atoms with E-state index in [9.17, 15) is 9.59 Å². The van der Waals surface area contributed by atoms with Crippen LogP contribution in [0.1, 0.15) is 19.3 Å². The Morgan fingerprint density at radius 3 is 1.57 bits per heavy atom. The van der Waals surface area contributed by atoms with E-state index in [4.69, 9.17) is 18.9 Å². The van der Waals surface area contributed by atoms with Crippen molar-refractivity contribution in [3.05, 3.63) is 24.3 Å². The smallest absolute Gasteiger partial charge is 0.330 e. The van der Waals surface area contributed by atoms with Crippen LogP contribution in [0.4, 0.5) is 0 Å². The Hall–Kier alpha value is -1.66. The van der Waals surface area contributed by atoms with Gasteiger partial charge in [-0.2, -0.15) is 0 Å². The van der Waals surface area contributed by atoms with Gasteiger partial charge in [-0.1, -0.05) is 12.2 Å². The summed E-state index contributed by atoms with van der Waals surface area (Å²) in [4.78, 5) is 22.6. The van der Waals surface area contributed by atoms with Gasteiger partial charge in [0.1, 0.15) is 13.2 Å². The Morgan fingerprint density at radius 2 is 1.10 bits per heavy atom. The molecule has 0 aromatic heterocycles. The molecule has 0 saturated heterocycles. The molecular formula is C15H22O6. The molecule has 0 saturated carbocycles. The maximum atomic E-state index is 11.3. The van der Waals surface area contributed by atoms with Gasteiger partial charge in [0.05, 0.1) is 26.4 Å². The predicted octanol–water partition coefficient (Wildman–Crippen LogP) is 1.40. The van der Waals surface area contributed by atoms with Crippen molar-refractivity contribution in [2.75, 3.05) is 39.6 Å². The van der Waals surface area contributed by atoms with Gasteiger partial charge in [0.15, 0.2) is 0 Å². The van der Waals surface area contributed by atoms with Crippen molar-refractivity contribution in [3.8, 4) is 0 Å². The summed E-state index contributed by atoms with van der Waals surface area (Å²) in [5, 5.41) is 0. The van der Waals surface area contributed by atoms with Crippen LogP contribution in [0.5, 0.6) is 0 Å². The lowest BCUT2D eigenvalue weighted by atomic mass is 10.2. The van der Waals surface area contributed by atoms with Crippen molar-refractivity contribution in [2.24, 2.45) is 0 Å². The Kier molecular flexibility index (Phi) is 10.0. The number of carbonyl (C=O) groups is 2. The molecule has 0 amide bonds. The number of rotatable bonds is 0. The van der Waals surface area contributed by atoms with Gasteiger partial charge in [-0.15, -0.1) is 0 Å². The van der Waals surface area contributed by atoms with Crippen LogP contribution in [-0.4, -0.2) is 51.6 Å². The zero-order chi connectivity index (χ0) is 15.2. The molecule has 6 nitrogen and oxygen atoms in total. The van der Waals surface area contributed by atoms with Crippen LogP contribution in [0.25, 0.3) is 0 Å². The van der Waals surface area contributed by atoms with Gasteiger partial charge in [0, 0.05) is 12.2 Å². The van der Waals surface area contributed by atoms with Crippen molar-refractivity contribution in [1.82, 2.24) is 0 Å². The summed E-state index contributed by atoms with van der Waals surface area (Å²) in [5.41, 5.74) is 0. The molecule has 1 heterocycles. The molecule has 118 valence electrons. The summed E-state index contributed by atoms with van der Waals surface area (Å²) in [6, 6.07) is 0. The summed E-state index contributed by atoms with van der Waals surface area (Å²) in [7, 11) is 0. The largest absolute Gasteiger partial charge is 0.460 e. The van der Waals surface area contributed by atoms with E-state index in [1.54, 1.807) is 12.2 Å². The highest BCUT2D eigenvalue weighted by molar-refractivity contribution is 5.82. The molecule has 0 unspecified atom stereocenters. The molecule has 0 spiro atoms. The lowest BCUT2D eigenvalue weighted by molar-refractivity contribution is -0.141. The molecule has 0 fully saturated rings. The second kappa shape index (κ2) is 12.1. The first-order valence-electron chi connectivity index (χ1n) is 7.11. The van der Waals surface area contributed by atoms with Gasteiger partial charge in [0.25, 0.3) is 0 Å². The van der Waals surface area contributed by atoms with Gasteiger partial charge >= 0.3 is 11.9 Å². The quantitative estimate of drug-likeness (QED) is 0.630. The minimum atomic E-state index is -0.369. The lowest BCUT2D eigenvalue weighted by Gasteiger charge is -2.06. The first kappa shape index (κ1) is 17.4. The van der Waals surface area contributed by atoms with E-state index in [1.165, 1.54) is 12.2 Å². The van der Waals surface area contributed by atoms with E-state index in [0.717, 1.165) is 19.3 Å². The van der Waals surface area contributed by atoms with Crippen molar-refractivity contribution in [3.63, 3.8) is 0 Å². The van der Waals surface area contributed by atoms with Crippen molar-refractivity contribution in [2.45, 2.75) is 19.3 Å². The number of allylic oxidation sites excluding steroid dienone is 2. The zero-order valence-corrected chi connectivity index (χ0v) is 12.1. The van der Waals surface area contributed by atoms with Crippen molar-refractivity contribution in [1.29, 1.82) is 0 Å². The van der Waals surface area contributed by atoms with Crippen LogP contribution in [0.2, 0.25) is 0 Å². The number of ether oxygens (including phenoxy) is 4. The molecule has 0 atom stereocenters. The fourth-order valence-electron chi connectivity index (χ4n) is 1.53. The number of hydrogen-bond donors (Lipinski definition) is 0. The average molecular weight is 298 g/mol. The zero-order valence-electron chi connectivity index (χ0n) is 12.1. The molecule has 0 aromatic carbocycles. The lowest BCUT2D eigenvalue weighted by Crippen LogP contribution is -2.14. The highest BCUT2D eigenvalue weighted by Gasteiger charge is 1.99. The van der Waals surface area contributed by atoms with Crippen LogP contribution >= 0.6 is 0 Å². The molecule has 0 aromatic rings. The molecule has 0 aliphatic carbocycles. The minimum Gasteiger partial charge on any atom is -0.460 e. The van der Waals surface area contributed by atoms with Crippen molar-refractivity contribution < 1.29 is 28.5 Å². The van der Waals surface area contributed by atoms with Crippen LogP contribution in [-0.2, 0) is 28.5 Å². The standard InChI is InChI=1S/C15H22O6/c16-14-6-4-2-1-3-5-7-15(17)21-13-11-19-9-8-18-10-12-20-14/h4-7H,1-3,8-13H2/b6-4-,7-5-. The third-order valence-corrected chi connectivity index (χ3v) is 2.57. The molecule has 1 aliphatic rings. The summed E-state index contributed by atoms with van der Waals surface area (Å²) in [5.74, 6) is -0.737. The topological polar surface area (TPSA) is 71.1 Å². The van der Waals surface area contributed by atoms with E-state index in [0.29, 0.717) is 26.4 Å². The van der Waals surface area contributed by atoms with Crippen LogP contribution in [0.3, 0.4) is 0 Å². The number of esters is 2. The third kappa shape index (κ3) is 10.8. The second-order valence-corrected chi connectivity index (χ2v) is 4.30. The fraction of sp³-hybridized carbons (Fsp3) is 0.600. The van der Waals surface area contributed by atoms with Gasteiger partial charge in [-0.25, -0.2) is 9.59 Å². The number of carbonyl (C=O) groups excluding carboxylic acids is 2. The van der Waals surface area contributed by atoms with Crippen molar-refractivity contribution >= 4 is 11.9 Å². The van der Waals surface area contributed by atoms with E-state index >= 15 is 0 Å². The first-order chi connectivity index (χ1) is 10.3. The van der Waals surface area contributed by atoms with Gasteiger partial charge in [-0.05, 0) is 19.3 Å². The maximum Gasteiger partial charge on any atom is 0.330 e. The summed E-state index contributed by atoms with van der Waals surface area (Å²) >= 11 is 0. The van der Waals surface area contributed by atoms with E-state index in [2.05, 4.69) is 0 Å². The van der Waals surface area contributed by atoms with Crippen LogP contribution in [0, 0.1) is 0 Å². The van der Waals surface area contributed by atoms with Crippen LogP contribution in [0.15, 0.2) is 24.3 Å². The minimum absolute atomic E-state index is 0.226. The van der Waals surface area contributed by atoms with E-state index in [-0.39, 0.29) is 25.2 Å².